The molecule has 10 heteroatoms. The maximum absolute atomic E-state index is 12.6. The minimum Gasteiger partial charge on any atom is -0.392 e. The van der Waals surface area contributed by atoms with E-state index < -0.39 is 11.7 Å². The van der Waals surface area contributed by atoms with Crippen LogP contribution in [0.2, 0.25) is 0 Å². The normalized spacial score (nSPS) is 11.6. The molecule has 1 aromatic heterocycles. The third kappa shape index (κ3) is 4.52. The first-order chi connectivity index (χ1) is 12.9. The molecular formula is C17H13F3N4O2S. The number of thioether (sulfide) groups is 1. The highest BCUT2D eigenvalue weighted by molar-refractivity contribution is 7.99. The second kappa shape index (κ2) is 7.89. The first-order valence-electron chi connectivity index (χ1n) is 7.70. The molecule has 0 aliphatic heterocycles. The molecule has 1 heterocycles. The second-order valence-electron chi connectivity index (χ2n) is 5.48. The molecule has 0 amide bonds. The van der Waals surface area contributed by atoms with E-state index in [1.54, 1.807) is 24.3 Å². The monoisotopic (exact) mass is 394 g/mol. The number of tetrazole rings is 1. The van der Waals surface area contributed by atoms with Gasteiger partial charge in [0.2, 0.25) is 5.16 Å². The molecule has 2 aromatic carbocycles. The van der Waals surface area contributed by atoms with Crippen molar-refractivity contribution in [1.29, 1.82) is 0 Å². The average molecular weight is 394 g/mol. The van der Waals surface area contributed by atoms with Crippen molar-refractivity contribution in [2.45, 2.75) is 17.9 Å². The van der Waals surface area contributed by atoms with Crippen molar-refractivity contribution in [3.63, 3.8) is 0 Å². The van der Waals surface area contributed by atoms with Gasteiger partial charge in [0.25, 0.3) is 0 Å². The molecule has 0 saturated heterocycles. The van der Waals surface area contributed by atoms with Gasteiger partial charge in [-0.05, 0) is 40.3 Å². The molecule has 0 atom stereocenters. The lowest BCUT2D eigenvalue weighted by Crippen LogP contribution is -2.08. The molecule has 3 rings (SSSR count). The van der Waals surface area contributed by atoms with Crippen LogP contribution in [0.1, 0.15) is 21.5 Å². The summed E-state index contributed by atoms with van der Waals surface area (Å²) in [6.45, 7) is -0.0842. The minimum absolute atomic E-state index is 0.0273. The molecule has 0 radical (unpaired) electrons. The fourth-order valence-electron chi connectivity index (χ4n) is 2.23. The van der Waals surface area contributed by atoms with Crippen LogP contribution in [0, 0.1) is 0 Å². The van der Waals surface area contributed by atoms with Crippen LogP contribution < -0.4 is 0 Å². The van der Waals surface area contributed by atoms with Gasteiger partial charge in [-0.25, -0.2) is 0 Å². The summed E-state index contributed by atoms with van der Waals surface area (Å²) < 4.78 is 39.2. The summed E-state index contributed by atoms with van der Waals surface area (Å²) in [6.07, 6.45) is -4.44. The third-order valence-electron chi connectivity index (χ3n) is 3.67. The van der Waals surface area contributed by atoms with E-state index in [4.69, 9.17) is 5.11 Å². The van der Waals surface area contributed by atoms with Gasteiger partial charge in [-0.1, -0.05) is 36.0 Å². The molecular weight excluding hydrogens is 381 g/mol. The van der Waals surface area contributed by atoms with Crippen molar-refractivity contribution in [1.82, 2.24) is 20.2 Å². The van der Waals surface area contributed by atoms with Crippen LogP contribution in [0.4, 0.5) is 13.2 Å². The quantitative estimate of drug-likeness (QED) is 0.511. The number of benzene rings is 2. The van der Waals surface area contributed by atoms with Gasteiger partial charge in [0.15, 0.2) is 5.78 Å². The van der Waals surface area contributed by atoms with Crippen LogP contribution in [0.3, 0.4) is 0 Å². The van der Waals surface area contributed by atoms with Crippen molar-refractivity contribution in [2.75, 3.05) is 5.75 Å². The Morgan fingerprint density at radius 1 is 1.07 bits per heavy atom. The molecule has 0 fully saturated rings. The average Bonchev–Trinajstić information content (AvgIpc) is 3.14. The topological polar surface area (TPSA) is 80.9 Å². The lowest BCUT2D eigenvalue weighted by Gasteiger charge is -2.07. The van der Waals surface area contributed by atoms with Gasteiger partial charge in [-0.15, -0.1) is 5.10 Å². The van der Waals surface area contributed by atoms with Crippen molar-refractivity contribution >= 4 is 17.5 Å². The number of carbonyl (C=O) groups is 1. The number of rotatable bonds is 6. The van der Waals surface area contributed by atoms with Gasteiger partial charge in [0.05, 0.1) is 23.6 Å². The largest absolute Gasteiger partial charge is 0.416 e. The number of aliphatic hydroxyl groups is 1. The zero-order valence-electron chi connectivity index (χ0n) is 13.7. The Morgan fingerprint density at radius 3 is 2.33 bits per heavy atom. The number of nitrogens with zero attached hydrogens (tertiary/aromatic N) is 4. The molecule has 3 aromatic rings. The second-order valence-corrected chi connectivity index (χ2v) is 6.43. The van der Waals surface area contributed by atoms with E-state index in [0.717, 1.165) is 41.6 Å². The Hall–Kier alpha value is -2.72. The predicted molar refractivity (Wildman–Crippen MR) is 91.6 cm³/mol. The van der Waals surface area contributed by atoms with Gasteiger partial charge in [-0.2, -0.15) is 17.9 Å². The summed E-state index contributed by atoms with van der Waals surface area (Å²) in [7, 11) is 0. The number of halogens is 3. The van der Waals surface area contributed by atoms with E-state index in [-0.39, 0.29) is 23.7 Å². The van der Waals surface area contributed by atoms with Crippen molar-refractivity contribution in [3.05, 3.63) is 65.2 Å². The molecule has 0 spiro atoms. The van der Waals surface area contributed by atoms with E-state index in [2.05, 4.69) is 15.5 Å². The first-order valence-corrected chi connectivity index (χ1v) is 8.69. The van der Waals surface area contributed by atoms with Gasteiger partial charge in [0, 0.05) is 5.56 Å². The van der Waals surface area contributed by atoms with Crippen LogP contribution in [0.15, 0.2) is 53.7 Å². The maximum atomic E-state index is 12.6. The van der Waals surface area contributed by atoms with E-state index in [1.807, 2.05) is 0 Å². The molecule has 0 aliphatic carbocycles. The summed E-state index contributed by atoms with van der Waals surface area (Å²) in [5, 5.41) is 20.8. The smallest absolute Gasteiger partial charge is 0.392 e. The Labute approximate surface area is 156 Å². The first kappa shape index (κ1) is 19.1. The zero-order valence-corrected chi connectivity index (χ0v) is 14.5. The Balaban J connectivity index is 1.68. The summed E-state index contributed by atoms with van der Waals surface area (Å²) in [5.74, 6) is -0.362. The standard InChI is InChI=1S/C17H13F3N4O2S/c18-17(19,20)13-5-3-12(4-6-13)15(26)10-27-16-21-22-23-24(16)14-7-1-11(9-25)2-8-14/h1-8,25H,9-10H2. The highest BCUT2D eigenvalue weighted by Crippen LogP contribution is 2.29. The molecule has 0 saturated carbocycles. The van der Waals surface area contributed by atoms with Crippen LogP contribution in [-0.2, 0) is 12.8 Å². The van der Waals surface area contributed by atoms with Gasteiger partial charge in [-0.3, -0.25) is 4.79 Å². The number of aromatic nitrogens is 4. The zero-order chi connectivity index (χ0) is 19.4. The fourth-order valence-corrected chi connectivity index (χ4v) is 3.02. The van der Waals surface area contributed by atoms with Crippen molar-refractivity contribution < 1.29 is 23.1 Å². The molecule has 140 valence electrons. The molecule has 6 nitrogen and oxygen atoms in total. The number of aliphatic hydroxyl groups excluding tert-OH is 1. The van der Waals surface area contributed by atoms with Gasteiger partial charge < -0.3 is 5.11 Å². The van der Waals surface area contributed by atoms with Crippen molar-refractivity contribution in [3.8, 4) is 5.69 Å². The summed E-state index contributed by atoms with van der Waals surface area (Å²) >= 11 is 1.08. The van der Waals surface area contributed by atoms with Crippen LogP contribution in [0.5, 0.6) is 0 Å². The third-order valence-corrected chi connectivity index (χ3v) is 4.59. The van der Waals surface area contributed by atoms with Gasteiger partial charge >= 0.3 is 6.18 Å². The summed E-state index contributed by atoms with van der Waals surface area (Å²) in [5.41, 5.74) is 0.768. The molecule has 0 aliphatic rings. The van der Waals surface area contributed by atoms with E-state index in [1.165, 1.54) is 4.68 Å². The Kier molecular flexibility index (Phi) is 5.57. The molecule has 27 heavy (non-hydrogen) atoms. The lowest BCUT2D eigenvalue weighted by atomic mass is 10.1. The summed E-state index contributed by atoms with van der Waals surface area (Å²) in [6, 6.07) is 11.0. The predicted octanol–water partition coefficient (Wildman–Crippen LogP) is 3.15. The number of hydrogen-bond donors (Lipinski definition) is 1. The number of hydrogen-bond acceptors (Lipinski definition) is 6. The highest BCUT2D eigenvalue weighted by Gasteiger charge is 2.30. The van der Waals surface area contributed by atoms with Gasteiger partial charge in [0.1, 0.15) is 0 Å². The SMILES string of the molecule is O=C(CSc1nnnn1-c1ccc(CO)cc1)c1ccc(C(F)(F)F)cc1. The molecule has 0 bridgehead atoms. The minimum atomic E-state index is -4.44. The van der Waals surface area contributed by atoms with Crippen LogP contribution >= 0.6 is 11.8 Å². The highest BCUT2D eigenvalue weighted by atomic mass is 32.2. The van der Waals surface area contributed by atoms with E-state index in [0.29, 0.717) is 10.8 Å². The Bertz CT molecular complexity index is 925. The number of alkyl halides is 3. The maximum Gasteiger partial charge on any atom is 0.416 e. The summed E-state index contributed by atoms with van der Waals surface area (Å²) in [4.78, 5) is 12.2. The number of carbonyl (C=O) groups excluding carboxylic acids is 1. The number of ketones is 1. The lowest BCUT2D eigenvalue weighted by molar-refractivity contribution is -0.137. The van der Waals surface area contributed by atoms with E-state index in [9.17, 15) is 18.0 Å². The van der Waals surface area contributed by atoms with Crippen molar-refractivity contribution in [2.24, 2.45) is 0 Å². The Morgan fingerprint density at radius 2 is 1.74 bits per heavy atom. The van der Waals surface area contributed by atoms with Crippen LogP contribution in [-0.4, -0.2) is 36.8 Å². The fraction of sp³-hybridized carbons (Fsp3) is 0.176. The number of Topliss-reactive ketones (excluding diaryl/α,β-unsaturated/α-hetero) is 1. The van der Waals surface area contributed by atoms with Crippen LogP contribution in [0.25, 0.3) is 5.69 Å². The molecule has 1 N–H and O–H groups in total. The van der Waals surface area contributed by atoms with E-state index >= 15 is 0 Å². The molecule has 0 unspecified atom stereocenters.